The molecule has 0 heteroatoms. The van der Waals surface area contributed by atoms with Gasteiger partial charge in [0.2, 0.25) is 0 Å². The fraction of sp³-hybridized carbons (Fsp3) is 0.571. The van der Waals surface area contributed by atoms with Crippen LogP contribution < -0.4 is 0 Å². The van der Waals surface area contributed by atoms with E-state index in [2.05, 4.69) is 26.8 Å². The number of allylic oxidation sites excluding steroid dienone is 1. The zero-order valence-corrected chi connectivity index (χ0v) is 5.15. The van der Waals surface area contributed by atoms with Crippen LogP contribution in [0.1, 0.15) is 20.3 Å². The lowest BCUT2D eigenvalue weighted by atomic mass is 10.1. The largest absolute Gasteiger partial charge is 0.103 e. The minimum absolute atomic E-state index is 0.706. The number of hydrogen-bond donors (Lipinski definition) is 0. The third-order valence-electron chi connectivity index (χ3n) is 1.11. The first-order valence-corrected chi connectivity index (χ1v) is 2.77. The molecule has 1 unspecified atom stereocenters. The molecule has 0 heterocycles. The Hall–Kier alpha value is -0.260. The molecule has 0 aromatic rings. The van der Waals surface area contributed by atoms with Crippen LogP contribution in [0.15, 0.2) is 12.7 Å². The minimum atomic E-state index is 0.706. The van der Waals surface area contributed by atoms with Gasteiger partial charge in [-0.15, -0.1) is 6.58 Å². The van der Waals surface area contributed by atoms with E-state index in [1.54, 1.807) is 0 Å². The Kier molecular flexibility index (Phi) is 3.77. The van der Waals surface area contributed by atoms with Gasteiger partial charge in [0.05, 0.1) is 0 Å². The summed E-state index contributed by atoms with van der Waals surface area (Å²) in [6, 6.07) is 0. The fourth-order valence-corrected chi connectivity index (χ4v) is 0.368. The average Bonchev–Trinajstić information content (AvgIpc) is 1.68. The summed E-state index contributed by atoms with van der Waals surface area (Å²) < 4.78 is 0. The first-order chi connectivity index (χ1) is 3.31. The molecule has 0 spiro atoms. The highest BCUT2D eigenvalue weighted by Crippen LogP contribution is 2.03. The third-order valence-corrected chi connectivity index (χ3v) is 1.11. The van der Waals surface area contributed by atoms with Gasteiger partial charge < -0.3 is 0 Å². The molecule has 0 N–H and O–H groups in total. The summed E-state index contributed by atoms with van der Waals surface area (Å²) in [5.74, 6) is 0.706. The van der Waals surface area contributed by atoms with Crippen LogP contribution in [0.25, 0.3) is 0 Å². The van der Waals surface area contributed by atoms with E-state index < -0.39 is 0 Å². The van der Waals surface area contributed by atoms with E-state index in [4.69, 9.17) is 0 Å². The molecule has 1 atom stereocenters. The van der Waals surface area contributed by atoms with E-state index in [1.807, 2.05) is 6.08 Å². The van der Waals surface area contributed by atoms with Crippen LogP contribution in [-0.4, -0.2) is 0 Å². The molecule has 0 aromatic heterocycles. The van der Waals surface area contributed by atoms with E-state index >= 15 is 0 Å². The second-order valence-corrected chi connectivity index (χ2v) is 1.81. The van der Waals surface area contributed by atoms with Crippen LogP contribution in [0.2, 0.25) is 0 Å². The zero-order valence-electron chi connectivity index (χ0n) is 5.15. The van der Waals surface area contributed by atoms with Crippen molar-refractivity contribution < 1.29 is 0 Å². The SMILES string of the molecule is C=C[CH]C(C)CC. The lowest BCUT2D eigenvalue weighted by molar-refractivity contribution is 0.665. The second-order valence-electron chi connectivity index (χ2n) is 1.81. The van der Waals surface area contributed by atoms with Crippen molar-refractivity contribution in [2.75, 3.05) is 0 Å². The summed E-state index contributed by atoms with van der Waals surface area (Å²) in [5, 5.41) is 0. The molecular formula is C7H13. The highest BCUT2D eigenvalue weighted by atomic mass is 14.0. The fourth-order valence-electron chi connectivity index (χ4n) is 0.368. The van der Waals surface area contributed by atoms with Crippen molar-refractivity contribution in [3.05, 3.63) is 19.1 Å². The van der Waals surface area contributed by atoms with Crippen LogP contribution >= 0.6 is 0 Å². The van der Waals surface area contributed by atoms with Gasteiger partial charge in [0.15, 0.2) is 0 Å². The van der Waals surface area contributed by atoms with Crippen LogP contribution in [0.5, 0.6) is 0 Å². The van der Waals surface area contributed by atoms with E-state index in [1.165, 1.54) is 6.42 Å². The van der Waals surface area contributed by atoms with Crippen molar-refractivity contribution in [3.63, 3.8) is 0 Å². The molecule has 0 aliphatic rings. The summed E-state index contributed by atoms with van der Waals surface area (Å²) in [4.78, 5) is 0. The molecule has 0 aliphatic heterocycles. The van der Waals surface area contributed by atoms with Crippen molar-refractivity contribution in [1.82, 2.24) is 0 Å². The highest BCUT2D eigenvalue weighted by Gasteiger charge is 1.91. The molecule has 0 saturated heterocycles. The van der Waals surface area contributed by atoms with Crippen LogP contribution in [-0.2, 0) is 0 Å². The van der Waals surface area contributed by atoms with Crippen molar-refractivity contribution in [1.29, 1.82) is 0 Å². The average molecular weight is 97.2 g/mol. The molecule has 1 radical (unpaired) electrons. The maximum atomic E-state index is 3.59. The molecule has 0 aliphatic carbocycles. The summed E-state index contributed by atoms with van der Waals surface area (Å²) in [6.07, 6.45) is 5.18. The Morgan fingerprint density at radius 1 is 1.71 bits per heavy atom. The monoisotopic (exact) mass is 97.1 g/mol. The maximum Gasteiger partial charge on any atom is -0.0145 e. The predicted molar refractivity (Wildman–Crippen MR) is 34.0 cm³/mol. The normalized spacial score (nSPS) is 13.4. The van der Waals surface area contributed by atoms with Gasteiger partial charge in [0.1, 0.15) is 0 Å². The van der Waals surface area contributed by atoms with Crippen molar-refractivity contribution in [2.24, 2.45) is 5.92 Å². The maximum absolute atomic E-state index is 3.59. The molecule has 0 fully saturated rings. The predicted octanol–water partition coefficient (Wildman–Crippen LogP) is 2.42. The Balaban J connectivity index is 2.98. The molecule has 0 rings (SSSR count). The molecule has 0 aromatic carbocycles. The summed E-state index contributed by atoms with van der Waals surface area (Å²) in [6.45, 7) is 7.95. The first-order valence-electron chi connectivity index (χ1n) is 2.77. The quantitative estimate of drug-likeness (QED) is 0.507. The standard InChI is InChI=1S/C7H13/c1-4-6-7(3)5-2/h4,6-7H,1,5H2,2-3H3. The van der Waals surface area contributed by atoms with Crippen LogP contribution in [0.4, 0.5) is 0 Å². The Morgan fingerprint density at radius 3 is 2.43 bits per heavy atom. The molecule has 7 heavy (non-hydrogen) atoms. The molecule has 0 nitrogen and oxygen atoms in total. The zero-order chi connectivity index (χ0) is 5.70. The summed E-state index contributed by atoms with van der Waals surface area (Å²) in [5.41, 5.74) is 0. The summed E-state index contributed by atoms with van der Waals surface area (Å²) >= 11 is 0. The highest BCUT2D eigenvalue weighted by molar-refractivity contribution is 4.89. The van der Waals surface area contributed by atoms with E-state index in [0.29, 0.717) is 5.92 Å². The van der Waals surface area contributed by atoms with Crippen LogP contribution in [0, 0.1) is 12.3 Å². The first kappa shape index (κ1) is 6.74. The lowest BCUT2D eigenvalue weighted by Gasteiger charge is -1.99. The Morgan fingerprint density at radius 2 is 2.29 bits per heavy atom. The number of hydrogen-bond acceptors (Lipinski definition) is 0. The van der Waals surface area contributed by atoms with Crippen molar-refractivity contribution in [2.45, 2.75) is 20.3 Å². The van der Waals surface area contributed by atoms with Gasteiger partial charge in [-0.1, -0.05) is 26.3 Å². The van der Waals surface area contributed by atoms with Gasteiger partial charge in [-0.3, -0.25) is 0 Å². The minimum Gasteiger partial charge on any atom is -0.103 e. The molecular weight excluding hydrogens is 84.1 g/mol. The van der Waals surface area contributed by atoms with Gasteiger partial charge in [-0.05, 0) is 12.3 Å². The van der Waals surface area contributed by atoms with Gasteiger partial charge in [-0.2, -0.15) is 0 Å². The van der Waals surface area contributed by atoms with E-state index in [-0.39, 0.29) is 0 Å². The van der Waals surface area contributed by atoms with Gasteiger partial charge in [0.25, 0.3) is 0 Å². The second kappa shape index (κ2) is 3.91. The van der Waals surface area contributed by atoms with E-state index in [0.717, 1.165) is 0 Å². The van der Waals surface area contributed by atoms with Crippen LogP contribution in [0.3, 0.4) is 0 Å². The molecule has 0 saturated carbocycles. The topological polar surface area (TPSA) is 0 Å². The smallest absolute Gasteiger partial charge is 0.0145 e. The van der Waals surface area contributed by atoms with Crippen molar-refractivity contribution >= 4 is 0 Å². The van der Waals surface area contributed by atoms with E-state index in [9.17, 15) is 0 Å². The Labute approximate surface area is 46.2 Å². The van der Waals surface area contributed by atoms with Gasteiger partial charge >= 0.3 is 0 Å². The molecule has 0 bridgehead atoms. The lowest BCUT2D eigenvalue weighted by Crippen LogP contribution is -1.87. The van der Waals surface area contributed by atoms with Gasteiger partial charge in [0, 0.05) is 0 Å². The number of rotatable bonds is 3. The molecule has 41 valence electrons. The van der Waals surface area contributed by atoms with Crippen molar-refractivity contribution in [3.8, 4) is 0 Å². The molecule has 0 amide bonds. The van der Waals surface area contributed by atoms with Gasteiger partial charge in [-0.25, -0.2) is 0 Å². The Bertz CT molecular complexity index is 46.0. The third kappa shape index (κ3) is 3.57. The summed E-state index contributed by atoms with van der Waals surface area (Å²) in [7, 11) is 0.